The Kier molecular flexibility index (Phi) is 6.51. The van der Waals surface area contributed by atoms with Crippen molar-refractivity contribution in [3.63, 3.8) is 0 Å². The molecule has 1 saturated carbocycles. The number of benzene rings is 3. The van der Waals surface area contributed by atoms with Crippen LogP contribution in [0.3, 0.4) is 0 Å². The van der Waals surface area contributed by atoms with Gasteiger partial charge in [-0.3, -0.25) is 0 Å². The molecule has 1 aliphatic rings. The highest BCUT2D eigenvalue weighted by Gasteiger charge is 2.23. The SMILES string of the molecule is CCC(C)c1ccc(OC2CCC(OCc3cccc4ccccc34)CC2)cc1. The van der Waals surface area contributed by atoms with E-state index in [0.29, 0.717) is 24.7 Å². The summed E-state index contributed by atoms with van der Waals surface area (Å²) in [4.78, 5) is 0. The van der Waals surface area contributed by atoms with E-state index in [1.54, 1.807) is 0 Å². The minimum atomic E-state index is 0.307. The number of hydrogen-bond donors (Lipinski definition) is 0. The first-order chi connectivity index (χ1) is 14.2. The predicted molar refractivity (Wildman–Crippen MR) is 121 cm³/mol. The molecule has 0 amide bonds. The van der Waals surface area contributed by atoms with E-state index in [9.17, 15) is 0 Å². The average molecular weight is 389 g/mol. The minimum absolute atomic E-state index is 0.307. The largest absolute Gasteiger partial charge is 0.490 e. The molecule has 3 aromatic carbocycles. The summed E-state index contributed by atoms with van der Waals surface area (Å²) in [5.41, 5.74) is 2.67. The molecular formula is C27H32O2. The second-order valence-electron chi connectivity index (χ2n) is 8.34. The molecule has 0 bridgehead atoms. The average Bonchev–Trinajstić information content (AvgIpc) is 2.78. The fraction of sp³-hybridized carbons (Fsp3) is 0.407. The Morgan fingerprint density at radius 2 is 1.52 bits per heavy atom. The van der Waals surface area contributed by atoms with Gasteiger partial charge in [-0.25, -0.2) is 0 Å². The summed E-state index contributed by atoms with van der Waals surface area (Å²) >= 11 is 0. The molecule has 4 rings (SSSR count). The molecule has 0 radical (unpaired) electrons. The van der Waals surface area contributed by atoms with Gasteiger partial charge in [0, 0.05) is 0 Å². The first-order valence-corrected chi connectivity index (χ1v) is 11.1. The molecule has 0 saturated heterocycles. The molecule has 1 aliphatic carbocycles. The molecule has 0 spiro atoms. The molecule has 1 atom stereocenters. The van der Waals surface area contributed by atoms with Gasteiger partial charge >= 0.3 is 0 Å². The number of ether oxygens (including phenoxy) is 2. The number of rotatable bonds is 7. The number of hydrogen-bond acceptors (Lipinski definition) is 2. The fourth-order valence-electron chi connectivity index (χ4n) is 4.25. The Hall–Kier alpha value is -2.32. The molecule has 0 N–H and O–H groups in total. The monoisotopic (exact) mass is 388 g/mol. The fourth-order valence-corrected chi connectivity index (χ4v) is 4.25. The highest BCUT2D eigenvalue weighted by molar-refractivity contribution is 5.85. The minimum Gasteiger partial charge on any atom is -0.490 e. The normalized spacial score (nSPS) is 20.5. The van der Waals surface area contributed by atoms with Gasteiger partial charge in [0.1, 0.15) is 5.75 Å². The lowest BCUT2D eigenvalue weighted by Crippen LogP contribution is -2.28. The van der Waals surface area contributed by atoms with Crippen molar-refractivity contribution >= 4 is 10.8 Å². The highest BCUT2D eigenvalue weighted by Crippen LogP contribution is 2.28. The van der Waals surface area contributed by atoms with E-state index in [4.69, 9.17) is 9.47 Å². The third-order valence-corrected chi connectivity index (χ3v) is 6.34. The standard InChI is InChI=1S/C27H32O2/c1-3-20(2)21-11-13-25(14-12-21)29-26-17-15-24(16-18-26)28-19-23-9-6-8-22-7-4-5-10-27(22)23/h4-14,20,24,26H,3,15-19H2,1-2H3. The van der Waals surface area contributed by atoms with Gasteiger partial charge in [0.05, 0.1) is 18.8 Å². The Labute approximate surface area is 174 Å². The van der Waals surface area contributed by atoms with Gasteiger partial charge in [0.2, 0.25) is 0 Å². The first-order valence-electron chi connectivity index (χ1n) is 11.1. The van der Waals surface area contributed by atoms with Gasteiger partial charge < -0.3 is 9.47 Å². The smallest absolute Gasteiger partial charge is 0.119 e. The van der Waals surface area contributed by atoms with Gasteiger partial charge in [0.25, 0.3) is 0 Å². The first kappa shape index (κ1) is 20.0. The molecule has 3 aromatic rings. The van der Waals surface area contributed by atoms with Crippen molar-refractivity contribution in [2.45, 2.75) is 70.7 Å². The van der Waals surface area contributed by atoms with Gasteiger partial charge in [-0.15, -0.1) is 0 Å². The third kappa shape index (κ3) is 5.00. The van der Waals surface area contributed by atoms with Crippen LogP contribution in [0, 0.1) is 0 Å². The van der Waals surface area contributed by atoms with E-state index in [1.807, 2.05) is 0 Å². The van der Waals surface area contributed by atoms with E-state index in [0.717, 1.165) is 31.4 Å². The van der Waals surface area contributed by atoms with E-state index in [2.05, 4.69) is 80.6 Å². The van der Waals surface area contributed by atoms with Crippen LogP contribution in [0.25, 0.3) is 10.8 Å². The summed E-state index contributed by atoms with van der Waals surface area (Å²) in [7, 11) is 0. The van der Waals surface area contributed by atoms with E-state index in [-0.39, 0.29) is 0 Å². The van der Waals surface area contributed by atoms with Crippen LogP contribution in [0.4, 0.5) is 0 Å². The maximum Gasteiger partial charge on any atom is 0.119 e. The van der Waals surface area contributed by atoms with Crippen LogP contribution in [0.2, 0.25) is 0 Å². The van der Waals surface area contributed by atoms with Crippen LogP contribution in [0.15, 0.2) is 66.7 Å². The van der Waals surface area contributed by atoms with Gasteiger partial charge in [-0.2, -0.15) is 0 Å². The predicted octanol–water partition coefficient (Wildman–Crippen LogP) is 7.26. The molecule has 152 valence electrons. The van der Waals surface area contributed by atoms with E-state index >= 15 is 0 Å². The quantitative estimate of drug-likeness (QED) is 0.424. The van der Waals surface area contributed by atoms with Crippen molar-refractivity contribution in [3.05, 3.63) is 77.9 Å². The topological polar surface area (TPSA) is 18.5 Å². The van der Waals surface area contributed by atoms with E-state index < -0.39 is 0 Å². The number of fused-ring (bicyclic) bond motifs is 1. The molecule has 1 fully saturated rings. The summed E-state index contributed by atoms with van der Waals surface area (Å²) < 4.78 is 12.5. The second-order valence-corrected chi connectivity index (χ2v) is 8.34. The van der Waals surface area contributed by atoms with Crippen LogP contribution in [0.5, 0.6) is 5.75 Å². The zero-order valence-electron chi connectivity index (χ0n) is 17.6. The maximum absolute atomic E-state index is 6.27. The lowest BCUT2D eigenvalue weighted by molar-refractivity contribution is -0.00620. The summed E-state index contributed by atoms with van der Waals surface area (Å²) in [6.07, 6.45) is 6.08. The van der Waals surface area contributed by atoms with Crippen molar-refractivity contribution in [1.29, 1.82) is 0 Å². The van der Waals surface area contributed by atoms with E-state index in [1.165, 1.54) is 28.3 Å². The molecule has 0 aromatic heterocycles. The zero-order chi connectivity index (χ0) is 20.1. The van der Waals surface area contributed by atoms with Crippen LogP contribution in [-0.2, 0) is 11.3 Å². The molecule has 29 heavy (non-hydrogen) atoms. The lowest BCUT2D eigenvalue weighted by Gasteiger charge is -2.29. The van der Waals surface area contributed by atoms with Crippen LogP contribution < -0.4 is 4.74 Å². The van der Waals surface area contributed by atoms with Crippen molar-refractivity contribution in [2.75, 3.05) is 0 Å². The molecule has 2 heteroatoms. The lowest BCUT2D eigenvalue weighted by atomic mass is 9.94. The van der Waals surface area contributed by atoms with Gasteiger partial charge in [-0.1, -0.05) is 68.4 Å². The van der Waals surface area contributed by atoms with Crippen molar-refractivity contribution in [3.8, 4) is 5.75 Å². The molecular weight excluding hydrogens is 356 g/mol. The Bertz CT molecular complexity index is 902. The van der Waals surface area contributed by atoms with Crippen molar-refractivity contribution in [1.82, 2.24) is 0 Å². The van der Waals surface area contributed by atoms with Gasteiger partial charge in [0.15, 0.2) is 0 Å². The van der Waals surface area contributed by atoms with Crippen LogP contribution in [-0.4, -0.2) is 12.2 Å². The summed E-state index contributed by atoms with van der Waals surface area (Å²) in [5.74, 6) is 1.61. The Morgan fingerprint density at radius 1 is 0.828 bits per heavy atom. The maximum atomic E-state index is 6.27. The summed E-state index contributed by atoms with van der Waals surface area (Å²) in [5, 5.41) is 2.58. The van der Waals surface area contributed by atoms with Crippen LogP contribution in [0.1, 0.15) is 63.0 Å². The zero-order valence-corrected chi connectivity index (χ0v) is 17.6. The highest BCUT2D eigenvalue weighted by atomic mass is 16.5. The van der Waals surface area contributed by atoms with Crippen LogP contribution >= 0.6 is 0 Å². The molecule has 1 unspecified atom stereocenters. The van der Waals surface area contributed by atoms with Gasteiger partial charge in [-0.05, 0) is 72.1 Å². The second kappa shape index (κ2) is 9.45. The summed E-state index contributed by atoms with van der Waals surface area (Å²) in [6, 6.07) is 23.7. The molecule has 0 heterocycles. The summed E-state index contributed by atoms with van der Waals surface area (Å²) in [6.45, 7) is 5.19. The molecule has 0 aliphatic heterocycles. The van der Waals surface area contributed by atoms with Crippen molar-refractivity contribution < 1.29 is 9.47 Å². The van der Waals surface area contributed by atoms with Crippen molar-refractivity contribution in [2.24, 2.45) is 0 Å². The third-order valence-electron chi connectivity index (χ3n) is 6.34. The Balaban J connectivity index is 1.26. The molecule has 2 nitrogen and oxygen atoms in total. The Morgan fingerprint density at radius 3 is 2.28 bits per heavy atom.